The minimum Gasteiger partial charge on any atom is -0.456 e. The number of nitrogens with zero attached hydrogens (tertiary/aromatic N) is 4. The Morgan fingerprint density at radius 3 is 0.765 bits per heavy atom. The first-order valence-corrected chi connectivity index (χ1v) is 20.6. The third kappa shape index (κ3) is 8.00. The van der Waals surface area contributed by atoms with Gasteiger partial charge in [0.25, 0.3) is 0 Å². The minimum atomic E-state index is -0.612. The van der Waals surface area contributed by atoms with Gasteiger partial charge in [-0.1, -0.05) is 72.8 Å². The topological polar surface area (TPSA) is 228 Å². The zero-order chi connectivity index (χ0) is 47.1. The van der Waals surface area contributed by atoms with Gasteiger partial charge in [-0.15, -0.1) is 0 Å². The van der Waals surface area contributed by atoms with Crippen molar-refractivity contribution in [2.75, 3.05) is 0 Å². The molecule has 0 aromatic heterocycles. The average molecular weight is 911 g/mol. The normalized spacial score (nSPS) is 12.4. The zero-order valence-electron chi connectivity index (χ0n) is 34.8. The van der Waals surface area contributed by atoms with Crippen LogP contribution in [0.5, 0.6) is 69.0 Å². The summed E-state index contributed by atoms with van der Waals surface area (Å²) < 4.78 is 37.6. The summed E-state index contributed by atoms with van der Waals surface area (Å²) in [5, 5.41) is 47.6. The fourth-order valence-corrected chi connectivity index (χ4v) is 8.27. The standard InChI is InChI=1S/C50H30N4O14/c55-51(56)37-9-1-5-13-41(37)63-29-17-21-33-45(25-29)67-46-26-30(64-42-14-6-2-10-38(42)52(57)58)18-22-34(46)49(33)50-35-23-19-31(65-43-15-7-3-11-39(43)53(59)60)27-47(35)68-48-28-32(20-24-36(48)50)66-44-16-8-4-12-40(44)54(61)62/h1-28,49-50H. The van der Waals surface area contributed by atoms with Crippen LogP contribution in [-0.2, 0) is 0 Å². The van der Waals surface area contributed by atoms with Crippen LogP contribution >= 0.6 is 0 Å². The molecule has 0 aliphatic carbocycles. The van der Waals surface area contributed by atoms with Crippen molar-refractivity contribution in [1.82, 2.24) is 0 Å². The molecule has 0 bridgehead atoms. The summed E-state index contributed by atoms with van der Waals surface area (Å²) in [5.74, 6) is 0.862. The summed E-state index contributed by atoms with van der Waals surface area (Å²) in [5.41, 5.74) is 1.62. The summed E-state index contributed by atoms with van der Waals surface area (Å²) in [6.07, 6.45) is 0. The molecule has 18 heteroatoms. The Bertz CT molecular complexity index is 2940. The first kappa shape index (κ1) is 42.1. The minimum absolute atomic E-state index is 0.00430. The van der Waals surface area contributed by atoms with Crippen LogP contribution in [0.3, 0.4) is 0 Å². The van der Waals surface area contributed by atoms with E-state index >= 15 is 0 Å². The molecule has 8 aromatic rings. The number of fused-ring (bicyclic) bond motifs is 4. The SMILES string of the molecule is O=[N+]([O-])c1ccccc1Oc1ccc2c(c1)Oc1cc(Oc3ccccc3[N+](=O)[O-])ccc1C2C1c2ccc(Oc3ccccc3[N+](=O)[O-])cc2Oc2cc(Oc3ccccc3[N+](=O)[O-])ccc21. The van der Waals surface area contributed by atoms with Crippen molar-refractivity contribution in [2.45, 2.75) is 11.8 Å². The van der Waals surface area contributed by atoms with E-state index in [-0.39, 0.29) is 68.7 Å². The van der Waals surface area contributed by atoms with E-state index in [0.717, 1.165) is 0 Å². The van der Waals surface area contributed by atoms with Gasteiger partial charge in [0.2, 0.25) is 23.0 Å². The van der Waals surface area contributed by atoms with Crippen molar-refractivity contribution in [3.05, 3.63) is 233 Å². The predicted octanol–water partition coefficient (Wildman–Crippen LogP) is 13.7. The molecule has 8 aromatic carbocycles. The molecule has 0 N–H and O–H groups in total. The van der Waals surface area contributed by atoms with E-state index in [1.807, 2.05) is 0 Å². The molecule has 2 heterocycles. The Morgan fingerprint density at radius 1 is 0.324 bits per heavy atom. The van der Waals surface area contributed by atoms with E-state index in [9.17, 15) is 40.5 Å². The predicted molar refractivity (Wildman–Crippen MR) is 242 cm³/mol. The zero-order valence-corrected chi connectivity index (χ0v) is 34.8. The van der Waals surface area contributed by atoms with Crippen molar-refractivity contribution in [1.29, 1.82) is 0 Å². The maximum atomic E-state index is 11.9. The maximum Gasteiger partial charge on any atom is 0.311 e. The summed E-state index contributed by atoms with van der Waals surface area (Å²) >= 11 is 0. The highest BCUT2D eigenvalue weighted by atomic mass is 16.6. The molecular weight excluding hydrogens is 881 g/mol. The number of para-hydroxylation sites is 8. The lowest BCUT2D eigenvalue weighted by atomic mass is 9.71. The molecule has 18 nitrogen and oxygen atoms in total. The molecule has 0 saturated carbocycles. The summed E-state index contributed by atoms with van der Waals surface area (Å²) in [7, 11) is 0. The second-order valence-electron chi connectivity index (χ2n) is 15.3. The lowest BCUT2D eigenvalue weighted by Gasteiger charge is -2.38. The molecule has 0 fully saturated rings. The average Bonchev–Trinajstić information content (AvgIpc) is 3.33. The Balaban J connectivity index is 1.13. The van der Waals surface area contributed by atoms with Crippen LogP contribution in [0.25, 0.3) is 0 Å². The van der Waals surface area contributed by atoms with Crippen LogP contribution in [0.1, 0.15) is 34.1 Å². The van der Waals surface area contributed by atoms with Gasteiger partial charge in [0.15, 0.2) is 0 Å². The van der Waals surface area contributed by atoms with Crippen molar-refractivity contribution in [2.24, 2.45) is 0 Å². The molecule has 0 atom stereocenters. The van der Waals surface area contributed by atoms with E-state index < -0.39 is 31.5 Å². The van der Waals surface area contributed by atoms with Gasteiger partial charge in [-0.2, -0.15) is 0 Å². The molecule has 0 unspecified atom stereocenters. The Kier molecular flexibility index (Phi) is 10.7. The smallest absolute Gasteiger partial charge is 0.311 e. The molecule has 0 radical (unpaired) electrons. The highest BCUT2D eigenvalue weighted by molar-refractivity contribution is 5.66. The van der Waals surface area contributed by atoms with Crippen LogP contribution < -0.4 is 28.4 Å². The summed E-state index contributed by atoms with van der Waals surface area (Å²) in [6, 6.07) is 43.9. The lowest BCUT2D eigenvalue weighted by Crippen LogP contribution is -2.22. The molecule has 68 heavy (non-hydrogen) atoms. The molecule has 10 rings (SSSR count). The van der Waals surface area contributed by atoms with Crippen molar-refractivity contribution in [3.8, 4) is 69.0 Å². The molecule has 0 spiro atoms. The van der Waals surface area contributed by atoms with Crippen molar-refractivity contribution in [3.63, 3.8) is 0 Å². The van der Waals surface area contributed by atoms with Crippen molar-refractivity contribution >= 4 is 22.7 Å². The lowest BCUT2D eigenvalue weighted by molar-refractivity contribution is -0.385. The van der Waals surface area contributed by atoms with Gasteiger partial charge in [0.05, 0.1) is 19.7 Å². The third-order valence-corrected chi connectivity index (χ3v) is 11.2. The van der Waals surface area contributed by atoms with Gasteiger partial charge in [0.1, 0.15) is 46.0 Å². The van der Waals surface area contributed by atoms with Gasteiger partial charge in [-0.05, 0) is 48.5 Å². The molecule has 0 saturated heterocycles. The molecule has 334 valence electrons. The second-order valence-corrected chi connectivity index (χ2v) is 15.3. The first-order valence-electron chi connectivity index (χ1n) is 20.6. The van der Waals surface area contributed by atoms with Crippen LogP contribution in [0, 0.1) is 40.5 Å². The first-order chi connectivity index (χ1) is 33.0. The molecule has 0 amide bonds. The number of rotatable bonds is 13. The van der Waals surface area contributed by atoms with Crippen LogP contribution in [0.2, 0.25) is 0 Å². The number of benzene rings is 8. The highest BCUT2D eigenvalue weighted by Crippen LogP contribution is 2.59. The fraction of sp³-hybridized carbons (Fsp3) is 0.0400. The second kappa shape index (κ2) is 17.3. The number of hydrogen-bond donors (Lipinski definition) is 0. The molecular formula is C50H30N4O14. The monoisotopic (exact) mass is 910 g/mol. The van der Waals surface area contributed by atoms with E-state index in [1.54, 1.807) is 97.1 Å². The van der Waals surface area contributed by atoms with Gasteiger partial charge in [-0.3, -0.25) is 40.5 Å². The number of nitro benzene ring substituents is 4. The quantitative estimate of drug-likeness (QED) is 0.0774. The number of ether oxygens (including phenoxy) is 6. The van der Waals surface area contributed by atoms with Gasteiger partial charge in [0, 0.05) is 82.6 Å². The van der Waals surface area contributed by atoms with Gasteiger partial charge in [-0.25, -0.2) is 0 Å². The van der Waals surface area contributed by atoms with E-state index in [0.29, 0.717) is 45.3 Å². The number of nitro groups is 4. The van der Waals surface area contributed by atoms with Crippen LogP contribution in [-0.4, -0.2) is 19.7 Å². The fourth-order valence-electron chi connectivity index (χ4n) is 8.27. The Hall–Kier alpha value is -9.84. The highest BCUT2D eigenvalue weighted by Gasteiger charge is 2.41. The van der Waals surface area contributed by atoms with E-state index in [1.165, 1.54) is 72.8 Å². The maximum absolute atomic E-state index is 11.9. The molecule has 2 aliphatic rings. The Morgan fingerprint density at radius 2 is 0.544 bits per heavy atom. The van der Waals surface area contributed by atoms with Crippen LogP contribution in [0.15, 0.2) is 170 Å². The van der Waals surface area contributed by atoms with E-state index in [4.69, 9.17) is 28.4 Å². The third-order valence-electron chi connectivity index (χ3n) is 11.2. The van der Waals surface area contributed by atoms with Crippen LogP contribution in [0.4, 0.5) is 22.7 Å². The van der Waals surface area contributed by atoms with E-state index in [2.05, 4.69) is 0 Å². The van der Waals surface area contributed by atoms with Gasteiger partial charge >= 0.3 is 22.7 Å². The van der Waals surface area contributed by atoms with Gasteiger partial charge < -0.3 is 28.4 Å². The Labute approximate surface area is 383 Å². The summed E-state index contributed by atoms with van der Waals surface area (Å²) in [4.78, 5) is 45.4. The number of hydrogen-bond acceptors (Lipinski definition) is 14. The largest absolute Gasteiger partial charge is 0.456 e. The summed E-state index contributed by atoms with van der Waals surface area (Å²) in [6.45, 7) is 0. The molecule has 2 aliphatic heterocycles. The van der Waals surface area contributed by atoms with Crippen molar-refractivity contribution < 1.29 is 48.1 Å².